The third-order valence-corrected chi connectivity index (χ3v) is 2.39. The molecule has 17 heavy (non-hydrogen) atoms. The van der Waals surface area contributed by atoms with Crippen molar-refractivity contribution in [3.8, 4) is 0 Å². The van der Waals surface area contributed by atoms with Crippen molar-refractivity contribution in [1.82, 2.24) is 5.32 Å². The van der Waals surface area contributed by atoms with Gasteiger partial charge in [0.15, 0.2) is 0 Å². The number of carboxylic acids is 1. The number of carbonyl (C=O) groups is 1. The molecule has 0 saturated carbocycles. The lowest BCUT2D eigenvalue weighted by molar-refractivity contribution is -0.192. The number of allylic oxidation sites excluding steroid dienone is 2. The molecule has 1 aliphatic heterocycles. The summed E-state index contributed by atoms with van der Waals surface area (Å²) in [6.07, 6.45) is -1.21. The van der Waals surface area contributed by atoms with Crippen molar-refractivity contribution in [3.63, 3.8) is 0 Å². The summed E-state index contributed by atoms with van der Waals surface area (Å²) < 4.78 is 31.7. The molecule has 0 aliphatic carbocycles. The molecule has 0 amide bonds. The Morgan fingerprint density at radius 2 is 1.82 bits per heavy atom. The average Bonchev–Trinajstić information content (AvgIpc) is 2.28. The standard InChI is InChI=1S/C8H12ClN.C2HF3O2/c1-2-8(9)7-3-5-10-6-4-7;3-2(4,5)1(6)7/h2,10H,1,3-6H2;(H,6,7). The maximum Gasteiger partial charge on any atom is 0.490 e. The summed E-state index contributed by atoms with van der Waals surface area (Å²) in [6.45, 7) is 5.74. The molecule has 0 bridgehead atoms. The summed E-state index contributed by atoms with van der Waals surface area (Å²) in [5, 5.41) is 11.2. The van der Waals surface area contributed by atoms with Crippen molar-refractivity contribution in [2.45, 2.75) is 19.0 Å². The molecule has 0 spiro atoms. The Labute approximate surface area is 102 Å². The highest BCUT2D eigenvalue weighted by atomic mass is 35.5. The molecule has 7 heteroatoms. The van der Waals surface area contributed by atoms with E-state index < -0.39 is 12.1 Å². The molecule has 0 atom stereocenters. The van der Waals surface area contributed by atoms with E-state index in [9.17, 15) is 13.2 Å². The van der Waals surface area contributed by atoms with Crippen LogP contribution in [0.5, 0.6) is 0 Å². The summed E-state index contributed by atoms with van der Waals surface area (Å²) in [4.78, 5) is 8.90. The van der Waals surface area contributed by atoms with E-state index in [1.54, 1.807) is 6.08 Å². The van der Waals surface area contributed by atoms with E-state index in [0.29, 0.717) is 0 Å². The van der Waals surface area contributed by atoms with Crippen LogP contribution in [0.3, 0.4) is 0 Å². The number of nitrogens with one attached hydrogen (secondary N) is 1. The molecule has 98 valence electrons. The number of hydrogen-bond acceptors (Lipinski definition) is 2. The number of aliphatic carboxylic acids is 1. The Bertz CT molecular complexity index is 305. The average molecular weight is 272 g/mol. The molecule has 1 aliphatic rings. The SMILES string of the molecule is C=CC(Cl)=C1CCNCC1.O=C(O)C(F)(F)F. The summed E-state index contributed by atoms with van der Waals surface area (Å²) in [5.41, 5.74) is 1.34. The Hall–Kier alpha value is -1.01. The van der Waals surface area contributed by atoms with Crippen molar-refractivity contribution < 1.29 is 23.1 Å². The number of piperidine rings is 1. The number of alkyl halides is 3. The largest absolute Gasteiger partial charge is 0.490 e. The molecule has 1 fully saturated rings. The van der Waals surface area contributed by atoms with E-state index in [-0.39, 0.29) is 0 Å². The van der Waals surface area contributed by atoms with Gasteiger partial charge < -0.3 is 10.4 Å². The third kappa shape index (κ3) is 7.01. The van der Waals surface area contributed by atoms with Crippen molar-refractivity contribution in [3.05, 3.63) is 23.3 Å². The predicted octanol–water partition coefficient (Wildman–Crippen LogP) is 2.68. The van der Waals surface area contributed by atoms with Crippen LogP contribution in [-0.2, 0) is 4.79 Å². The minimum Gasteiger partial charge on any atom is -0.475 e. The summed E-state index contributed by atoms with van der Waals surface area (Å²) in [5.74, 6) is -2.76. The minimum absolute atomic E-state index is 0.849. The number of halogens is 4. The molecule has 0 aromatic rings. The molecule has 0 aromatic carbocycles. The lowest BCUT2D eigenvalue weighted by atomic mass is 10.1. The van der Waals surface area contributed by atoms with Gasteiger partial charge in [-0.2, -0.15) is 13.2 Å². The topological polar surface area (TPSA) is 49.3 Å². The predicted molar refractivity (Wildman–Crippen MR) is 58.9 cm³/mol. The van der Waals surface area contributed by atoms with Crippen molar-refractivity contribution in [1.29, 1.82) is 0 Å². The van der Waals surface area contributed by atoms with Crippen LogP contribution in [-0.4, -0.2) is 30.3 Å². The normalized spacial score (nSPS) is 15.6. The fourth-order valence-electron chi connectivity index (χ4n) is 1.11. The van der Waals surface area contributed by atoms with E-state index >= 15 is 0 Å². The van der Waals surface area contributed by atoms with Gasteiger partial charge in [-0.05, 0) is 31.5 Å². The highest BCUT2D eigenvalue weighted by Gasteiger charge is 2.38. The molecule has 0 unspecified atom stereocenters. The Balaban J connectivity index is 0.000000325. The maximum absolute atomic E-state index is 10.6. The van der Waals surface area contributed by atoms with Gasteiger partial charge >= 0.3 is 12.1 Å². The zero-order chi connectivity index (χ0) is 13.5. The van der Waals surface area contributed by atoms with Gasteiger partial charge in [-0.1, -0.05) is 24.3 Å². The van der Waals surface area contributed by atoms with E-state index in [1.807, 2.05) is 0 Å². The van der Waals surface area contributed by atoms with Gasteiger partial charge in [0.05, 0.1) is 0 Å². The molecule has 1 saturated heterocycles. The first-order valence-electron chi connectivity index (χ1n) is 4.79. The molecular formula is C10H13ClF3NO2. The van der Waals surface area contributed by atoms with E-state index in [0.717, 1.165) is 31.0 Å². The summed E-state index contributed by atoms with van der Waals surface area (Å²) >= 11 is 5.88. The van der Waals surface area contributed by atoms with Crippen LogP contribution in [0.4, 0.5) is 13.2 Å². The van der Waals surface area contributed by atoms with E-state index in [2.05, 4.69) is 11.9 Å². The van der Waals surface area contributed by atoms with Gasteiger partial charge in [0.2, 0.25) is 0 Å². The Kier molecular flexibility index (Phi) is 6.91. The van der Waals surface area contributed by atoms with Crippen LogP contribution >= 0.6 is 11.6 Å². The second-order valence-electron chi connectivity index (χ2n) is 3.21. The van der Waals surface area contributed by atoms with Crippen molar-refractivity contribution >= 4 is 17.6 Å². The fourth-order valence-corrected chi connectivity index (χ4v) is 1.30. The van der Waals surface area contributed by atoms with Gasteiger partial charge in [-0.25, -0.2) is 4.79 Å². The highest BCUT2D eigenvalue weighted by molar-refractivity contribution is 6.31. The van der Waals surface area contributed by atoms with Gasteiger partial charge in [-0.15, -0.1) is 0 Å². The first-order valence-corrected chi connectivity index (χ1v) is 5.17. The monoisotopic (exact) mass is 271 g/mol. The molecule has 1 heterocycles. The second-order valence-corrected chi connectivity index (χ2v) is 3.62. The zero-order valence-corrected chi connectivity index (χ0v) is 9.74. The second kappa shape index (κ2) is 7.34. The minimum atomic E-state index is -5.08. The molecule has 2 N–H and O–H groups in total. The molecule has 0 aromatic heterocycles. The number of rotatable bonds is 1. The van der Waals surface area contributed by atoms with Crippen LogP contribution in [0.25, 0.3) is 0 Å². The molecule has 1 rings (SSSR count). The van der Waals surface area contributed by atoms with Crippen LogP contribution in [0.2, 0.25) is 0 Å². The zero-order valence-electron chi connectivity index (χ0n) is 8.98. The van der Waals surface area contributed by atoms with Crippen molar-refractivity contribution in [2.75, 3.05) is 13.1 Å². The highest BCUT2D eigenvalue weighted by Crippen LogP contribution is 2.18. The van der Waals surface area contributed by atoms with Gasteiger partial charge in [0, 0.05) is 5.03 Å². The van der Waals surface area contributed by atoms with Gasteiger partial charge in [0.25, 0.3) is 0 Å². The van der Waals surface area contributed by atoms with E-state index in [4.69, 9.17) is 21.5 Å². The Morgan fingerprint density at radius 1 is 1.41 bits per heavy atom. The fraction of sp³-hybridized carbons (Fsp3) is 0.500. The van der Waals surface area contributed by atoms with Crippen LogP contribution in [0, 0.1) is 0 Å². The summed E-state index contributed by atoms with van der Waals surface area (Å²) in [6, 6.07) is 0. The lowest BCUT2D eigenvalue weighted by Crippen LogP contribution is -2.23. The van der Waals surface area contributed by atoms with Crippen LogP contribution < -0.4 is 5.32 Å². The molecular weight excluding hydrogens is 259 g/mol. The maximum atomic E-state index is 10.6. The van der Waals surface area contributed by atoms with Crippen LogP contribution in [0.15, 0.2) is 23.3 Å². The quantitative estimate of drug-likeness (QED) is 0.771. The number of carboxylic acid groups (broad SMARTS) is 1. The Morgan fingerprint density at radius 3 is 2.12 bits per heavy atom. The summed E-state index contributed by atoms with van der Waals surface area (Å²) in [7, 11) is 0. The van der Waals surface area contributed by atoms with Crippen LogP contribution in [0.1, 0.15) is 12.8 Å². The smallest absolute Gasteiger partial charge is 0.475 e. The molecule has 0 radical (unpaired) electrons. The lowest BCUT2D eigenvalue weighted by Gasteiger charge is -2.15. The van der Waals surface area contributed by atoms with Gasteiger partial charge in [-0.3, -0.25) is 0 Å². The number of hydrogen-bond donors (Lipinski definition) is 2. The first kappa shape index (κ1) is 16.0. The third-order valence-electron chi connectivity index (χ3n) is 1.97. The van der Waals surface area contributed by atoms with Crippen molar-refractivity contribution in [2.24, 2.45) is 0 Å². The molecule has 3 nitrogen and oxygen atoms in total. The first-order chi connectivity index (χ1) is 7.79. The van der Waals surface area contributed by atoms with E-state index in [1.165, 1.54) is 5.57 Å². The van der Waals surface area contributed by atoms with Gasteiger partial charge in [0.1, 0.15) is 0 Å².